The van der Waals surface area contributed by atoms with Gasteiger partial charge in [0.1, 0.15) is 5.75 Å². The van der Waals surface area contributed by atoms with Gasteiger partial charge in [0, 0.05) is 17.3 Å². The van der Waals surface area contributed by atoms with Crippen molar-refractivity contribution in [2.24, 2.45) is 5.92 Å². The van der Waals surface area contributed by atoms with Crippen LogP contribution in [0.3, 0.4) is 0 Å². The van der Waals surface area contributed by atoms with Crippen molar-refractivity contribution in [3.8, 4) is 5.75 Å². The van der Waals surface area contributed by atoms with Gasteiger partial charge in [0.25, 0.3) is 15.9 Å². The number of sulfonamides is 1. The normalized spacial score (nSPS) is 12.5. The number of hydrogen-bond donors (Lipinski definition) is 2. The molecule has 0 saturated carbocycles. The maximum Gasteiger partial charge on any atom is 0.261 e. The number of benzene rings is 2. The Hall–Kier alpha value is -2.54. The van der Waals surface area contributed by atoms with Gasteiger partial charge in [-0.1, -0.05) is 13.8 Å². The molecule has 0 fully saturated rings. The Balaban J connectivity index is 2.09. The molecule has 7 heteroatoms. The standard InChI is InChI=1S/C20H26N2O4S/c1-5-26-18-10-8-17(9-11-18)22-27(24,25)19-12-6-16(7-13-19)20(23)21-15(4)14(2)3/h6-15,22H,5H2,1-4H3,(H,21,23). The molecular weight excluding hydrogens is 364 g/mol. The first-order valence-electron chi connectivity index (χ1n) is 8.89. The van der Waals surface area contributed by atoms with Crippen LogP contribution in [0, 0.1) is 5.92 Å². The van der Waals surface area contributed by atoms with Crippen LogP contribution in [0.4, 0.5) is 5.69 Å². The second kappa shape index (κ2) is 8.90. The average molecular weight is 391 g/mol. The average Bonchev–Trinajstić information content (AvgIpc) is 2.63. The van der Waals surface area contributed by atoms with Crippen LogP contribution in [0.5, 0.6) is 5.75 Å². The summed E-state index contributed by atoms with van der Waals surface area (Å²) in [5.41, 5.74) is 0.855. The van der Waals surface area contributed by atoms with Gasteiger partial charge in [0.05, 0.1) is 11.5 Å². The Morgan fingerprint density at radius 2 is 1.59 bits per heavy atom. The highest BCUT2D eigenvalue weighted by atomic mass is 32.2. The van der Waals surface area contributed by atoms with Gasteiger partial charge in [-0.25, -0.2) is 8.42 Å². The summed E-state index contributed by atoms with van der Waals surface area (Å²) in [6.45, 7) is 8.40. The second-order valence-electron chi connectivity index (χ2n) is 6.59. The van der Waals surface area contributed by atoms with Crippen LogP contribution >= 0.6 is 0 Å². The van der Waals surface area contributed by atoms with Crippen molar-refractivity contribution in [3.63, 3.8) is 0 Å². The zero-order valence-electron chi connectivity index (χ0n) is 16.0. The van der Waals surface area contributed by atoms with E-state index in [1.807, 2.05) is 27.7 Å². The third-order valence-corrected chi connectivity index (χ3v) is 5.60. The molecule has 2 aromatic carbocycles. The first-order chi connectivity index (χ1) is 12.7. The van der Waals surface area contributed by atoms with E-state index in [9.17, 15) is 13.2 Å². The molecule has 27 heavy (non-hydrogen) atoms. The van der Waals surface area contributed by atoms with E-state index in [0.717, 1.165) is 0 Å². The minimum absolute atomic E-state index is 0.0298. The SMILES string of the molecule is CCOc1ccc(NS(=O)(=O)c2ccc(C(=O)NC(C)C(C)C)cc2)cc1. The quantitative estimate of drug-likeness (QED) is 0.720. The molecule has 0 radical (unpaired) electrons. The van der Waals surface area contributed by atoms with Crippen molar-refractivity contribution >= 4 is 21.6 Å². The van der Waals surface area contributed by atoms with Crippen LogP contribution in [-0.4, -0.2) is 27.0 Å². The van der Waals surface area contributed by atoms with Crippen molar-refractivity contribution in [2.45, 2.75) is 38.6 Å². The first-order valence-corrected chi connectivity index (χ1v) is 10.4. The number of carbonyl (C=O) groups excluding carboxylic acids is 1. The molecular formula is C20H26N2O4S. The fourth-order valence-electron chi connectivity index (χ4n) is 2.24. The molecule has 1 unspecified atom stereocenters. The number of carbonyl (C=O) groups is 1. The Kier molecular flexibility index (Phi) is 6.85. The summed E-state index contributed by atoms with van der Waals surface area (Å²) in [4.78, 5) is 12.3. The highest BCUT2D eigenvalue weighted by molar-refractivity contribution is 7.92. The van der Waals surface area contributed by atoms with Crippen molar-refractivity contribution < 1.29 is 17.9 Å². The van der Waals surface area contributed by atoms with Crippen molar-refractivity contribution in [3.05, 3.63) is 54.1 Å². The van der Waals surface area contributed by atoms with E-state index >= 15 is 0 Å². The van der Waals surface area contributed by atoms with Gasteiger partial charge in [-0.2, -0.15) is 0 Å². The molecule has 0 aliphatic carbocycles. The van der Waals surface area contributed by atoms with Gasteiger partial charge < -0.3 is 10.1 Å². The molecule has 0 spiro atoms. The minimum Gasteiger partial charge on any atom is -0.494 e. The van der Waals surface area contributed by atoms with Crippen LogP contribution in [0.2, 0.25) is 0 Å². The lowest BCUT2D eigenvalue weighted by molar-refractivity contribution is 0.0930. The molecule has 6 nitrogen and oxygen atoms in total. The monoisotopic (exact) mass is 390 g/mol. The largest absolute Gasteiger partial charge is 0.494 e. The van der Waals surface area contributed by atoms with Crippen molar-refractivity contribution in [2.75, 3.05) is 11.3 Å². The fraction of sp³-hybridized carbons (Fsp3) is 0.350. The maximum absolute atomic E-state index is 12.5. The third-order valence-electron chi connectivity index (χ3n) is 4.20. The van der Waals surface area contributed by atoms with Crippen LogP contribution in [0.1, 0.15) is 38.1 Å². The van der Waals surface area contributed by atoms with Crippen molar-refractivity contribution in [1.82, 2.24) is 5.32 Å². The predicted molar refractivity (Wildman–Crippen MR) is 107 cm³/mol. The highest BCUT2D eigenvalue weighted by Crippen LogP contribution is 2.20. The number of anilines is 1. The zero-order chi connectivity index (χ0) is 20.0. The lowest BCUT2D eigenvalue weighted by Gasteiger charge is -2.17. The zero-order valence-corrected chi connectivity index (χ0v) is 16.8. The fourth-order valence-corrected chi connectivity index (χ4v) is 3.30. The van der Waals surface area contributed by atoms with E-state index in [1.165, 1.54) is 24.3 Å². The summed E-state index contributed by atoms with van der Waals surface area (Å²) in [7, 11) is -3.74. The number of hydrogen-bond acceptors (Lipinski definition) is 4. The molecule has 0 saturated heterocycles. The highest BCUT2D eigenvalue weighted by Gasteiger charge is 2.17. The molecule has 0 bridgehead atoms. The lowest BCUT2D eigenvalue weighted by atomic mass is 10.1. The van der Waals surface area contributed by atoms with Crippen LogP contribution in [0.15, 0.2) is 53.4 Å². The van der Waals surface area contributed by atoms with Crippen LogP contribution < -0.4 is 14.8 Å². The number of amides is 1. The second-order valence-corrected chi connectivity index (χ2v) is 8.28. The van der Waals surface area contributed by atoms with E-state index in [2.05, 4.69) is 10.0 Å². The Bertz CT molecular complexity index is 860. The summed E-state index contributed by atoms with van der Waals surface area (Å²) in [5, 5.41) is 2.89. The molecule has 146 valence electrons. The summed E-state index contributed by atoms with van der Waals surface area (Å²) in [5.74, 6) is 0.762. The Morgan fingerprint density at radius 3 is 2.11 bits per heavy atom. The molecule has 0 aliphatic rings. The van der Waals surface area contributed by atoms with Gasteiger partial charge >= 0.3 is 0 Å². The summed E-state index contributed by atoms with van der Waals surface area (Å²) in [6.07, 6.45) is 0. The minimum atomic E-state index is -3.74. The Labute approximate surface area is 161 Å². The first kappa shape index (κ1) is 20.8. The van der Waals surface area contributed by atoms with Crippen molar-refractivity contribution in [1.29, 1.82) is 0 Å². The molecule has 1 atom stereocenters. The molecule has 2 aromatic rings. The Morgan fingerprint density at radius 1 is 1.00 bits per heavy atom. The predicted octanol–water partition coefficient (Wildman–Crippen LogP) is 3.66. The number of ether oxygens (including phenoxy) is 1. The van der Waals surface area contributed by atoms with Gasteiger partial charge in [-0.15, -0.1) is 0 Å². The molecule has 1 amide bonds. The van der Waals surface area contributed by atoms with E-state index in [0.29, 0.717) is 29.5 Å². The van der Waals surface area contributed by atoms with Gasteiger partial charge in [0.15, 0.2) is 0 Å². The van der Waals surface area contributed by atoms with Crippen LogP contribution in [0.25, 0.3) is 0 Å². The lowest BCUT2D eigenvalue weighted by Crippen LogP contribution is -2.36. The van der Waals surface area contributed by atoms with E-state index in [1.54, 1.807) is 24.3 Å². The molecule has 2 N–H and O–H groups in total. The molecule has 0 heterocycles. The summed E-state index contributed by atoms with van der Waals surface area (Å²) >= 11 is 0. The van der Waals surface area contributed by atoms with Gasteiger partial charge in [-0.3, -0.25) is 9.52 Å². The number of rotatable bonds is 8. The molecule has 0 aliphatic heterocycles. The number of nitrogens with one attached hydrogen (secondary N) is 2. The summed E-state index contributed by atoms with van der Waals surface area (Å²) in [6, 6.07) is 12.6. The van der Waals surface area contributed by atoms with Gasteiger partial charge in [-0.05, 0) is 68.3 Å². The molecule has 2 rings (SSSR count). The van der Waals surface area contributed by atoms with E-state index in [-0.39, 0.29) is 16.8 Å². The maximum atomic E-state index is 12.5. The summed E-state index contributed by atoms with van der Waals surface area (Å²) < 4.78 is 32.9. The van der Waals surface area contributed by atoms with E-state index in [4.69, 9.17) is 4.74 Å². The topological polar surface area (TPSA) is 84.5 Å². The van der Waals surface area contributed by atoms with E-state index < -0.39 is 10.0 Å². The molecule has 0 aromatic heterocycles. The van der Waals surface area contributed by atoms with Gasteiger partial charge in [0.2, 0.25) is 0 Å². The van der Waals surface area contributed by atoms with Crippen LogP contribution in [-0.2, 0) is 10.0 Å². The smallest absolute Gasteiger partial charge is 0.261 e. The third kappa shape index (κ3) is 5.72.